The molecule has 0 saturated carbocycles. The Labute approximate surface area is 114 Å². The largest absolute Gasteiger partial charge is 0.484 e. The first-order valence-corrected chi connectivity index (χ1v) is 6.28. The van der Waals surface area contributed by atoms with E-state index in [4.69, 9.17) is 0 Å². The molecule has 0 spiro atoms. The molecule has 1 saturated heterocycles. The van der Waals surface area contributed by atoms with Crippen LogP contribution in [0.15, 0.2) is 24.3 Å². The van der Waals surface area contributed by atoms with Crippen LogP contribution in [0.3, 0.4) is 0 Å². The van der Waals surface area contributed by atoms with Gasteiger partial charge in [-0.15, -0.1) is 0 Å². The number of anilines is 1. The molecule has 2 N–H and O–H groups in total. The SMILES string of the molecule is O=C(Nc1ccc(OCC(F)(F)F)cc1)[C@@H]1CCCN1. The van der Waals surface area contributed by atoms with Crippen molar-refractivity contribution in [3.63, 3.8) is 0 Å². The molecule has 4 nitrogen and oxygen atoms in total. The van der Waals surface area contributed by atoms with Crippen molar-refractivity contribution < 1.29 is 22.7 Å². The first-order valence-electron chi connectivity index (χ1n) is 6.28. The number of benzene rings is 1. The minimum Gasteiger partial charge on any atom is -0.484 e. The fraction of sp³-hybridized carbons (Fsp3) is 0.462. The van der Waals surface area contributed by atoms with E-state index in [0.29, 0.717) is 5.69 Å². The van der Waals surface area contributed by atoms with Crippen LogP contribution in [-0.4, -0.2) is 31.3 Å². The molecular formula is C13H15F3N2O2. The molecule has 1 atom stereocenters. The average molecular weight is 288 g/mol. The summed E-state index contributed by atoms with van der Waals surface area (Å²) >= 11 is 0. The summed E-state index contributed by atoms with van der Waals surface area (Å²) in [5, 5.41) is 5.77. The average Bonchev–Trinajstić information content (AvgIpc) is 2.91. The zero-order valence-corrected chi connectivity index (χ0v) is 10.7. The minimum atomic E-state index is -4.36. The summed E-state index contributed by atoms with van der Waals surface area (Å²) in [4.78, 5) is 11.8. The van der Waals surface area contributed by atoms with E-state index in [1.165, 1.54) is 24.3 Å². The van der Waals surface area contributed by atoms with Gasteiger partial charge in [-0.3, -0.25) is 4.79 Å². The Kier molecular flexibility index (Phi) is 4.49. The second kappa shape index (κ2) is 6.13. The second-order valence-electron chi connectivity index (χ2n) is 4.57. The predicted octanol–water partition coefficient (Wildman–Crippen LogP) is 2.32. The molecule has 1 aromatic rings. The van der Waals surface area contributed by atoms with Crippen LogP contribution in [0, 0.1) is 0 Å². The lowest BCUT2D eigenvalue weighted by molar-refractivity contribution is -0.153. The number of carbonyl (C=O) groups is 1. The fourth-order valence-electron chi connectivity index (χ4n) is 1.94. The van der Waals surface area contributed by atoms with Crippen LogP contribution in [0.4, 0.5) is 18.9 Å². The number of ether oxygens (including phenoxy) is 1. The summed E-state index contributed by atoms with van der Waals surface area (Å²) in [6.07, 6.45) is -2.61. The number of hydrogen-bond donors (Lipinski definition) is 2. The highest BCUT2D eigenvalue weighted by Gasteiger charge is 2.28. The molecule has 0 aliphatic carbocycles. The molecule has 7 heteroatoms. The molecule has 1 heterocycles. The molecular weight excluding hydrogens is 273 g/mol. The van der Waals surface area contributed by atoms with Gasteiger partial charge in [-0.2, -0.15) is 13.2 Å². The van der Waals surface area contributed by atoms with Gasteiger partial charge in [0.2, 0.25) is 5.91 Å². The predicted molar refractivity (Wildman–Crippen MR) is 67.6 cm³/mol. The number of hydrogen-bond acceptors (Lipinski definition) is 3. The van der Waals surface area contributed by atoms with E-state index in [1.807, 2.05) is 0 Å². The van der Waals surface area contributed by atoms with E-state index in [2.05, 4.69) is 15.4 Å². The van der Waals surface area contributed by atoms with E-state index in [1.54, 1.807) is 0 Å². The zero-order chi connectivity index (χ0) is 14.6. The molecule has 1 amide bonds. The van der Waals surface area contributed by atoms with Crippen molar-refractivity contribution in [2.24, 2.45) is 0 Å². The van der Waals surface area contributed by atoms with Crippen LogP contribution in [0.25, 0.3) is 0 Å². The number of amides is 1. The number of nitrogens with one attached hydrogen (secondary N) is 2. The lowest BCUT2D eigenvalue weighted by Gasteiger charge is -2.12. The highest BCUT2D eigenvalue weighted by atomic mass is 19.4. The third-order valence-corrected chi connectivity index (χ3v) is 2.90. The van der Waals surface area contributed by atoms with Crippen molar-refractivity contribution >= 4 is 11.6 Å². The molecule has 110 valence electrons. The molecule has 20 heavy (non-hydrogen) atoms. The van der Waals surface area contributed by atoms with Gasteiger partial charge in [0.05, 0.1) is 6.04 Å². The highest BCUT2D eigenvalue weighted by molar-refractivity contribution is 5.95. The van der Waals surface area contributed by atoms with E-state index >= 15 is 0 Å². The van der Waals surface area contributed by atoms with E-state index in [-0.39, 0.29) is 17.7 Å². The fourth-order valence-corrected chi connectivity index (χ4v) is 1.94. The Hall–Kier alpha value is -1.76. The van der Waals surface area contributed by atoms with Crippen LogP contribution in [-0.2, 0) is 4.79 Å². The quantitative estimate of drug-likeness (QED) is 0.894. The van der Waals surface area contributed by atoms with E-state index in [9.17, 15) is 18.0 Å². The van der Waals surface area contributed by atoms with Gasteiger partial charge < -0.3 is 15.4 Å². The van der Waals surface area contributed by atoms with Crippen molar-refractivity contribution in [1.82, 2.24) is 5.32 Å². The van der Waals surface area contributed by atoms with Gasteiger partial charge in [0.1, 0.15) is 5.75 Å². The van der Waals surface area contributed by atoms with Crippen molar-refractivity contribution in [2.45, 2.75) is 25.1 Å². The maximum atomic E-state index is 12.0. The molecule has 1 fully saturated rings. The maximum Gasteiger partial charge on any atom is 0.422 e. The first kappa shape index (κ1) is 14.6. The highest BCUT2D eigenvalue weighted by Crippen LogP contribution is 2.20. The summed E-state index contributed by atoms with van der Waals surface area (Å²) in [5.41, 5.74) is 0.531. The van der Waals surface area contributed by atoms with Crippen molar-refractivity contribution in [2.75, 3.05) is 18.5 Å². The van der Waals surface area contributed by atoms with E-state index in [0.717, 1.165) is 19.4 Å². The summed E-state index contributed by atoms with van der Waals surface area (Å²) in [6, 6.07) is 5.61. The van der Waals surface area contributed by atoms with Crippen LogP contribution < -0.4 is 15.4 Å². The van der Waals surface area contributed by atoms with Gasteiger partial charge in [0.25, 0.3) is 0 Å². The normalized spacial score (nSPS) is 18.9. The Morgan fingerprint density at radius 3 is 2.60 bits per heavy atom. The third kappa shape index (κ3) is 4.41. The molecule has 0 radical (unpaired) electrons. The van der Waals surface area contributed by atoms with Gasteiger partial charge in [-0.1, -0.05) is 0 Å². The third-order valence-electron chi connectivity index (χ3n) is 2.90. The van der Waals surface area contributed by atoms with Crippen LogP contribution in [0.2, 0.25) is 0 Å². The van der Waals surface area contributed by atoms with Crippen molar-refractivity contribution in [3.8, 4) is 5.75 Å². The lowest BCUT2D eigenvalue weighted by Crippen LogP contribution is -2.35. The molecule has 0 bridgehead atoms. The molecule has 0 aromatic heterocycles. The summed E-state index contributed by atoms with van der Waals surface area (Å²) < 4.78 is 40.5. The number of alkyl halides is 3. The lowest BCUT2D eigenvalue weighted by atomic mass is 10.2. The van der Waals surface area contributed by atoms with Crippen LogP contribution in [0.5, 0.6) is 5.75 Å². The number of rotatable bonds is 4. The van der Waals surface area contributed by atoms with Gasteiger partial charge >= 0.3 is 6.18 Å². The van der Waals surface area contributed by atoms with Crippen LogP contribution in [0.1, 0.15) is 12.8 Å². The molecule has 1 aliphatic heterocycles. The standard InChI is InChI=1S/C13H15F3N2O2/c14-13(15,16)8-20-10-5-3-9(4-6-10)18-12(19)11-2-1-7-17-11/h3-6,11,17H,1-2,7-8H2,(H,18,19)/t11-/m0/s1. The summed E-state index contributed by atoms with van der Waals surface area (Å²) in [7, 11) is 0. The van der Waals surface area contributed by atoms with Gasteiger partial charge in [-0.25, -0.2) is 0 Å². The van der Waals surface area contributed by atoms with Gasteiger partial charge in [0.15, 0.2) is 6.61 Å². The Morgan fingerprint density at radius 2 is 2.05 bits per heavy atom. The summed E-state index contributed by atoms with van der Waals surface area (Å²) in [6.45, 7) is -0.507. The minimum absolute atomic E-state index is 0.110. The zero-order valence-electron chi connectivity index (χ0n) is 10.7. The van der Waals surface area contributed by atoms with Crippen LogP contribution >= 0.6 is 0 Å². The maximum absolute atomic E-state index is 12.0. The first-order chi connectivity index (χ1) is 9.44. The molecule has 1 aromatic carbocycles. The Morgan fingerprint density at radius 1 is 1.35 bits per heavy atom. The molecule has 1 aliphatic rings. The van der Waals surface area contributed by atoms with Crippen molar-refractivity contribution in [3.05, 3.63) is 24.3 Å². The molecule has 0 unspecified atom stereocenters. The molecule has 2 rings (SSSR count). The number of carbonyl (C=O) groups excluding carboxylic acids is 1. The van der Waals surface area contributed by atoms with Gasteiger partial charge in [-0.05, 0) is 43.7 Å². The smallest absolute Gasteiger partial charge is 0.422 e. The number of halogens is 3. The van der Waals surface area contributed by atoms with Gasteiger partial charge in [0, 0.05) is 5.69 Å². The summed E-state index contributed by atoms with van der Waals surface area (Å²) in [5.74, 6) is -0.0224. The Bertz CT molecular complexity index is 454. The second-order valence-corrected chi connectivity index (χ2v) is 4.57. The van der Waals surface area contributed by atoms with E-state index < -0.39 is 12.8 Å². The van der Waals surface area contributed by atoms with Crippen molar-refractivity contribution in [1.29, 1.82) is 0 Å². The topological polar surface area (TPSA) is 50.4 Å². The monoisotopic (exact) mass is 288 g/mol. The Balaban J connectivity index is 1.86.